The summed E-state index contributed by atoms with van der Waals surface area (Å²) in [7, 11) is 0. The van der Waals surface area contributed by atoms with Crippen molar-refractivity contribution in [1.82, 2.24) is 10.6 Å². The molecule has 2 heterocycles. The van der Waals surface area contributed by atoms with Crippen molar-refractivity contribution in [2.45, 2.75) is 96.2 Å². The molecule has 4 aliphatic rings. The van der Waals surface area contributed by atoms with Crippen LogP contribution in [0, 0.1) is 11.8 Å². The number of rotatable bonds is 6. The first kappa shape index (κ1) is 30.1. The second-order valence-electron chi connectivity index (χ2n) is 10.7. The predicted octanol–water partition coefficient (Wildman–Crippen LogP) is 5.58. The predicted molar refractivity (Wildman–Crippen MR) is 152 cm³/mol. The first-order chi connectivity index (χ1) is 17.7. The van der Waals surface area contributed by atoms with Crippen molar-refractivity contribution in [2.75, 3.05) is 0 Å². The van der Waals surface area contributed by atoms with Crippen molar-refractivity contribution in [3.05, 3.63) is 71.8 Å². The van der Waals surface area contributed by atoms with Gasteiger partial charge in [0.2, 0.25) is 0 Å². The average molecular weight is 543 g/mol. The molecule has 2 aromatic carbocycles. The van der Waals surface area contributed by atoms with Crippen LogP contribution in [-0.4, -0.2) is 36.1 Å². The normalized spacial score (nSPS) is 28.5. The zero-order valence-corrected chi connectivity index (χ0v) is 22.2. The lowest BCUT2D eigenvalue weighted by Crippen LogP contribution is -2.36. The van der Waals surface area contributed by atoms with E-state index in [4.69, 9.17) is 9.47 Å². The fraction of sp³-hybridized carbons (Fsp3) is 0.548. The van der Waals surface area contributed by atoms with Crippen molar-refractivity contribution in [1.29, 1.82) is 0 Å². The van der Waals surface area contributed by atoms with Gasteiger partial charge in [0.1, 0.15) is 25.3 Å². The summed E-state index contributed by atoms with van der Waals surface area (Å²) < 4.78 is 10.8. The van der Waals surface area contributed by atoms with Crippen LogP contribution in [0.15, 0.2) is 60.7 Å². The minimum absolute atomic E-state index is 0. The molecule has 2 saturated carbocycles. The molecule has 0 bridgehead atoms. The summed E-state index contributed by atoms with van der Waals surface area (Å²) in [5.41, 5.74) is 2.09. The molecule has 0 aromatic heterocycles. The van der Waals surface area contributed by atoms with Crippen LogP contribution in [0.3, 0.4) is 0 Å². The van der Waals surface area contributed by atoms with Crippen LogP contribution in [0.25, 0.3) is 0 Å². The maximum Gasteiger partial charge on any atom is 0.323 e. The third kappa shape index (κ3) is 7.81. The van der Waals surface area contributed by atoms with Crippen molar-refractivity contribution in [3.63, 3.8) is 0 Å². The van der Waals surface area contributed by atoms with E-state index in [2.05, 4.69) is 10.6 Å². The first-order valence-electron chi connectivity index (χ1n) is 13.6. The minimum Gasteiger partial charge on any atom is -0.460 e. The molecule has 4 fully saturated rings. The highest BCUT2D eigenvalue weighted by Crippen LogP contribution is 2.35. The second kappa shape index (κ2) is 14.7. The van der Waals surface area contributed by atoms with E-state index in [0.29, 0.717) is 37.1 Å². The number of hydrogen-bond acceptors (Lipinski definition) is 6. The summed E-state index contributed by atoms with van der Waals surface area (Å²) in [4.78, 5) is 23.9. The molecule has 6 rings (SSSR count). The largest absolute Gasteiger partial charge is 0.460 e. The maximum atomic E-state index is 12.0. The number of ether oxygens (including phenoxy) is 2. The molecule has 38 heavy (non-hydrogen) atoms. The van der Waals surface area contributed by atoms with Gasteiger partial charge in [0.05, 0.1) is 0 Å². The molecule has 6 nitrogen and oxygen atoms in total. The Bertz CT molecular complexity index is 900. The molecule has 2 aliphatic heterocycles. The molecular weight excluding hydrogens is 500 g/mol. The van der Waals surface area contributed by atoms with Crippen LogP contribution in [-0.2, 0) is 32.3 Å². The number of esters is 2. The number of benzene rings is 2. The number of carbonyl (C=O) groups is 2. The Morgan fingerprint density at radius 2 is 1.05 bits per heavy atom. The third-order valence-corrected chi connectivity index (χ3v) is 8.24. The fourth-order valence-corrected chi connectivity index (χ4v) is 6.32. The summed E-state index contributed by atoms with van der Waals surface area (Å²) in [5.74, 6) is 1.21. The van der Waals surface area contributed by atoms with E-state index < -0.39 is 0 Å². The van der Waals surface area contributed by atoms with Crippen LogP contribution < -0.4 is 10.6 Å². The number of carbonyl (C=O) groups excluding carboxylic acids is 2. The molecule has 0 radical (unpaired) electrons. The summed E-state index contributed by atoms with van der Waals surface area (Å²) in [5, 5.41) is 6.83. The lowest BCUT2D eigenvalue weighted by atomic mass is 10.0. The Kier molecular flexibility index (Phi) is 11.6. The van der Waals surface area contributed by atoms with E-state index >= 15 is 0 Å². The molecule has 2 N–H and O–H groups in total. The number of nitrogens with one attached hydrogen (secondary N) is 2. The van der Waals surface area contributed by atoms with Gasteiger partial charge >= 0.3 is 11.9 Å². The van der Waals surface area contributed by atoms with Crippen LogP contribution in [0.4, 0.5) is 0 Å². The standard InChI is InChI=1S/2C15H19NO2.CH4.ClH/c2*17-15(18-10-11-5-2-1-3-6-11)14-9-12-7-4-8-13(12)16-14;;/h2*1-3,5-6,12-14,16H,4,7-10H2;1H4;1H/t2*12-,13-,14?;;/m00../s1. The molecule has 6 atom stereocenters. The molecule has 0 amide bonds. The molecule has 2 aromatic rings. The van der Waals surface area contributed by atoms with Gasteiger partial charge in [-0.05, 0) is 61.5 Å². The molecule has 2 unspecified atom stereocenters. The van der Waals surface area contributed by atoms with E-state index in [9.17, 15) is 9.59 Å². The van der Waals surface area contributed by atoms with Gasteiger partial charge in [0, 0.05) is 12.1 Å². The van der Waals surface area contributed by atoms with E-state index in [1.54, 1.807) is 0 Å². The van der Waals surface area contributed by atoms with Gasteiger partial charge in [-0.1, -0.05) is 80.9 Å². The van der Waals surface area contributed by atoms with Crippen molar-refractivity contribution < 1.29 is 19.1 Å². The first-order valence-corrected chi connectivity index (χ1v) is 13.6. The van der Waals surface area contributed by atoms with Crippen LogP contribution in [0.1, 0.15) is 69.9 Å². The van der Waals surface area contributed by atoms with Gasteiger partial charge in [-0.3, -0.25) is 9.59 Å². The van der Waals surface area contributed by atoms with Crippen LogP contribution in [0.2, 0.25) is 0 Å². The Balaban J connectivity index is 0.000000200. The summed E-state index contributed by atoms with van der Waals surface area (Å²) >= 11 is 0. The lowest BCUT2D eigenvalue weighted by Gasteiger charge is -2.12. The van der Waals surface area contributed by atoms with Gasteiger partial charge in [-0.25, -0.2) is 0 Å². The quantitative estimate of drug-likeness (QED) is 0.464. The molecule has 2 aliphatic carbocycles. The zero-order valence-electron chi connectivity index (χ0n) is 21.3. The summed E-state index contributed by atoms with van der Waals surface area (Å²) in [6.45, 7) is 0.764. The summed E-state index contributed by atoms with van der Waals surface area (Å²) in [6, 6.07) is 20.6. The van der Waals surface area contributed by atoms with E-state index in [0.717, 1.165) is 24.0 Å². The van der Waals surface area contributed by atoms with E-state index in [-0.39, 0.29) is 43.9 Å². The Labute approximate surface area is 233 Å². The van der Waals surface area contributed by atoms with Gasteiger partial charge < -0.3 is 20.1 Å². The van der Waals surface area contributed by atoms with Gasteiger partial charge in [-0.15, -0.1) is 12.4 Å². The number of fused-ring (bicyclic) bond motifs is 2. The maximum absolute atomic E-state index is 12.0. The SMILES string of the molecule is C.Cl.O=C(OCc1ccccc1)C1C[C@@H]2CCC[C@@H]2N1.O=C(OCc1ccccc1)C1C[C@@H]2CCC[C@@H]2N1. The Hall–Kier alpha value is -2.41. The van der Waals surface area contributed by atoms with Gasteiger partial charge in [-0.2, -0.15) is 0 Å². The highest BCUT2D eigenvalue weighted by molar-refractivity contribution is 5.85. The Morgan fingerprint density at radius 1 is 0.658 bits per heavy atom. The van der Waals surface area contributed by atoms with Crippen LogP contribution >= 0.6 is 12.4 Å². The highest BCUT2D eigenvalue weighted by Gasteiger charge is 2.41. The molecular formula is C31H43ClN2O4. The van der Waals surface area contributed by atoms with Crippen molar-refractivity contribution in [3.8, 4) is 0 Å². The van der Waals surface area contributed by atoms with Crippen LogP contribution in [0.5, 0.6) is 0 Å². The molecule has 7 heteroatoms. The third-order valence-electron chi connectivity index (χ3n) is 8.24. The Morgan fingerprint density at radius 3 is 1.42 bits per heavy atom. The summed E-state index contributed by atoms with van der Waals surface area (Å²) in [6.07, 6.45) is 9.47. The topological polar surface area (TPSA) is 76.7 Å². The number of hydrogen-bond donors (Lipinski definition) is 2. The molecule has 0 spiro atoms. The van der Waals surface area contributed by atoms with Crippen molar-refractivity contribution in [2.24, 2.45) is 11.8 Å². The average Bonchev–Trinajstić information content (AvgIpc) is 3.69. The number of halogens is 1. The minimum atomic E-state index is -0.0896. The smallest absolute Gasteiger partial charge is 0.323 e. The second-order valence-corrected chi connectivity index (χ2v) is 10.7. The van der Waals surface area contributed by atoms with Crippen molar-refractivity contribution >= 4 is 24.3 Å². The molecule has 208 valence electrons. The van der Waals surface area contributed by atoms with E-state index in [1.165, 1.54) is 38.5 Å². The fourth-order valence-electron chi connectivity index (χ4n) is 6.32. The molecule has 2 saturated heterocycles. The van der Waals surface area contributed by atoms with Gasteiger partial charge in [0.15, 0.2) is 0 Å². The highest BCUT2D eigenvalue weighted by atomic mass is 35.5. The zero-order chi connectivity index (χ0) is 24.7. The lowest BCUT2D eigenvalue weighted by molar-refractivity contribution is -0.148. The van der Waals surface area contributed by atoms with E-state index in [1.807, 2.05) is 60.7 Å². The van der Waals surface area contributed by atoms with Gasteiger partial charge in [0.25, 0.3) is 0 Å². The monoisotopic (exact) mass is 542 g/mol.